The zero-order valence-electron chi connectivity index (χ0n) is 15.4. The number of benzene rings is 1. The predicted octanol–water partition coefficient (Wildman–Crippen LogP) is 3.71. The summed E-state index contributed by atoms with van der Waals surface area (Å²) in [5.41, 5.74) is 7.90. The number of primary amides is 1. The Bertz CT molecular complexity index is 1020. The zero-order valence-corrected chi connectivity index (χ0v) is 17.0. The summed E-state index contributed by atoms with van der Waals surface area (Å²) in [5.74, 6) is -1.01. The van der Waals surface area contributed by atoms with E-state index in [1.807, 2.05) is 18.4 Å². The third-order valence-corrected chi connectivity index (χ3v) is 6.26. The van der Waals surface area contributed by atoms with Gasteiger partial charge in [0.1, 0.15) is 5.00 Å². The van der Waals surface area contributed by atoms with E-state index in [-0.39, 0.29) is 11.8 Å². The molecule has 3 aromatic rings. The molecule has 8 heteroatoms. The normalized spacial score (nSPS) is 10.5. The molecule has 2 heterocycles. The van der Waals surface area contributed by atoms with Crippen molar-refractivity contribution in [2.75, 3.05) is 5.32 Å². The van der Waals surface area contributed by atoms with E-state index < -0.39 is 5.91 Å². The zero-order chi connectivity index (χ0) is 20.3. The Hall–Kier alpha value is -2.97. The molecule has 28 heavy (non-hydrogen) atoms. The first-order chi connectivity index (χ1) is 13.4. The van der Waals surface area contributed by atoms with Gasteiger partial charge in [0, 0.05) is 17.0 Å². The van der Waals surface area contributed by atoms with Crippen LogP contribution in [0.1, 0.15) is 46.4 Å². The van der Waals surface area contributed by atoms with E-state index in [1.165, 1.54) is 22.7 Å². The van der Waals surface area contributed by atoms with Crippen molar-refractivity contribution in [3.8, 4) is 0 Å². The average Bonchev–Trinajstić information content (AvgIpc) is 3.29. The van der Waals surface area contributed by atoms with E-state index in [2.05, 4.69) is 10.6 Å². The summed E-state index contributed by atoms with van der Waals surface area (Å²) in [4.78, 5) is 37.8. The molecule has 0 unspecified atom stereocenters. The minimum absolute atomic E-state index is 0.126. The van der Waals surface area contributed by atoms with Crippen molar-refractivity contribution < 1.29 is 14.4 Å². The van der Waals surface area contributed by atoms with Crippen LogP contribution in [0.25, 0.3) is 0 Å². The molecule has 144 valence electrons. The van der Waals surface area contributed by atoms with Gasteiger partial charge in [-0.3, -0.25) is 14.4 Å². The minimum Gasteiger partial charge on any atom is -0.365 e. The minimum atomic E-state index is -0.561. The van der Waals surface area contributed by atoms with E-state index in [1.54, 1.807) is 37.3 Å². The van der Waals surface area contributed by atoms with Gasteiger partial charge in [-0.25, -0.2) is 0 Å². The Morgan fingerprint density at radius 1 is 1.04 bits per heavy atom. The first-order valence-electron chi connectivity index (χ1n) is 8.48. The third-order valence-electron chi connectivity index (χ3n) is 4.27. The molecular weight excluding hydrogens is 394 g/mol. The third kappa shape index (κ3) is 4.29. The maximum atomic E-state index is 12.5. The number of carbonyl (C=O) groups is 3. The average molecular weight is 414 g/mol. The van der Waals surface area contributed by atoms with Crippen molar-refractivity contribution in [2.45, 2.75) is 20.4 Å². The highest BCUT2D eigenvalue weighted by atomic mass is 32.1. The van der Waals surface area contributed by atoms with E-state index in [9.17, 15) is 14.4 Å². The Morgan fingerprint density at radius 2 is 1.75 bits per heavy atom. The van der Waals surface area contributed by atoms with Crippen LogP contribution in [0.5, 0.6) is 0 Å². The van der Waals surface area contributed by atoms with Gasteiger partial charge in [-0.1, -0.05) is 18.2 Å². The number of aryl methyl sites for hydroxylation is 1. The summed E-state index contributed by atoms with van der Waals surface area (Å²) in [5, 5.41) is 7.92. The Morgan fingerprint density at radius 3 is 2.36 bits per heavy atom. The molecule has 6 nitrogen and oxygen atoms in total. The lowest BCUT2D eigenvalue weighted by Gasteiger charge is -2.07. The fraction of sp³-hybridized carbons (Fsp3) is 0.150. The highest BCUT2D eigenvalue weighted by Crippen LogP contribution is 2.32. The van der Waals surface area contributed by atoms with Crippen LogP contribution in [0.4, 0.5) is 5.00 Å². The molecule has 0 saturated heterocycles. The maximum Gasteiger partial charge on any atom is 0.261 e. The van der Waals surface area contributed by atoms with Gasteiger partial charge in [0.2, 0.25) is 0 Å². The Kier molecular flexibility index (Phi) is 5.91. The Labute approximate surface area is 170 Å². The largest absolute Gasteiger partial charge is 0.365 e. The standard InChI is InChI=1S/C20H19N3O3S2/c1-11-12(2)28-20(16(11)17(21)24)23-18(25)14-7-5-13(6-8-14)10-22-19(26)15-4-3-9-27-15/h3-9H,10H2,1-2H3,(H2,21,24)(H,22,26)(H,23,25). The quantitative estimate of drug-likeness (QED) is 0.574. The lowest BCUT2D eigenvalue weighted by atomic mass is 10.1. The van der Waals surface area contributed by atoms with Crippen LogP contribution in [0, 0.1) is 13.8 Å². The predicted molar refractivity (Wildman–Crippen MR) is 112 cm³/mol. The van der Waals surface area contributed by atoms with Crippen LogP contribution in [-0.2, 0) is 6.54 Å². The number of nitrogens with two attached hydrogens (primary N) is 1. The van der Waals surface area contributed by atoms with Crippen LogP contribution in [0.15, 0.2) is 41.8 Å². The van der Waals surface area contributed by atoms with E-state index in [0.717, 1.165) is 16.0 Å². The smallest absolute Gasteiger partial charge is 0.261 e. The van der Waals surface area contributed by atoms with Crippen LogP contribution >= 0.6 is 22.7 Å². The second-order valence-electron chi connectivity index (χ2n) is 6.16. The number of amides is 3. The molecule has 0 aliphatic rings. The monoisotopic (exact) mass is 413 g/mol. The fourth-order valence-corrected chi connectivity index (χ4v) is 4.34. The van der Waals surface area contributed by atoms with E-state index in [4.69, 9.17) is 5.73 Å². The number of carbonyl (C=O) groups excluding carboxylic acids is 3. The second kappa shape index (κ2) is 8.37. The lowest BCUT2D eigenvalue weighted by molar-refractivity contribution is 0.0952. The lowest BCUT2D eigenvalue weighted by Crippen LogP contribution is -2.21. The number of hydrogen-bond donors (Lipinski definition) is 3. The number of hydrogen-bond acceptors (Lipinski definition) is 5. The molecular formula is C20H19N3O3S2. The molecule has 0 saturated carbocycles. The molecule has 3 rings (SSSR count). The van der Waals surface area contributed by atoms with E-state index in [0.29, 0.717) is 27.5 Å². The molecule has 0 bridgehead atoms. The van der Waals surface area contributed by atoms with Crippen molar-refractivity contribution >= 4 is 45.4 Å². The van der Waals surface area contributed by atoms with Crippen LogP contribution in [-0.4, -0.2) is 17.7 Å². The molecule has 0 atom stereocenters. The van der Waals surface area contributed by atoms with Gasteiger partial charge in [0.05, 0.1) is 10.4 Å². The fourth-order valence-electron chi connectivity index (χ4n) is 2.64. The van der Waals surface area contributed by atoms with Gasteiger partial charge >= 0.3 is 0 Å². The molecule has 0 spiro atoms. The van der Waals surface area contributed by atoms with Crippen molar-refractivity contribution in [3.05, 3.63) is 73.8 Å². The molecule has 0 radical (unpaired) electrons. The second-order valence-corrected chi connectivity index (χ2v) is 8.34. The Balaban J connectivity index is 1.65. The van der Waals surface area contributed by atoms with Gasteiger partial charge in [-0.15, -0.1) is 22.7 Å². The molecule has 3 amide bonds. The highest BCUT2D eigenvalue weighted by molar-refractivity contribution is 7.16. The molecule has 1 aromatic carbocycles. The molecule has 2 aromatic heterocycles. The number of rotatable bonds is 6. The summed E-state index contributed by atoms with van der Waals surface area (Å²) < 4.78 is 0. The molecule has 0 fully saturated rings. The molecule has 4 N–H and O–H groups in total. The molecule has 0 aliphatic heterocycles. The van der Waals surface area contributed by atoms with Crippen LogP contribution in [0.3, 0.4) is 0 Å². The topological polar surface area (TPSA) is 101 Å². The van der Waals surface area contributed by atoms with Gasteiger partial charge in [-0.2, -0.15) is 0 Å². The summed E-state index contributed by atoms with van der Waals surface area (Å²) >= 11 is 2.71. The van der Waals surface area contributed by atoms with Gasteiger partial charge in [0.15, 0.2) is 0 Å². The van der Waals surface area contributed by atoms with Crippen molar-refractivity contribution in [3.63, 3.8) is 0 Å². The summed E-state index contributed by atoms with van der Waals surface area (Å²) in [7, 11) is 0. The van der Waals surface area contributed by atoms with Crippen molar-refractivity contribution in [1.82, 2.24) is 5.32 Å². The van der Waals surface area contributed by atoms with Crippen LogP contribution in [0.2, 0.25) is 0 Å². The number of anilines is 1. The van der Waals surface area contributed by atoms with Gasteiger partial charge in [-0.05, 0) is 48.6 Å². The summed E-state index contributed by atoms with van der Waals surface area (Å²) in [6.45, 7) is 4.05. The first-order valence-corrected chi connectivity index (χ1v) is 10.2. The van der Waals surface area contributed by atoms with Crippen LogP contribution < -0.4 is 16.4 Å². The van der Waals surface area contributed by atoms with E-state index >= 15 is 0 Å². The first kappa shape index (κ1) is 19.8. The SMILES string of the molecule is Cc1sc(NC(=O)c2ccc(CNC(=O)c3cccs3)cc2)c(C(N)=O)c1C. The number of nitrogens with one attached hydrogen (secondary N) is 2. The van der Waals surface area contributed by atoms with Crippen molar-refractivity contribution in [2.24, 2.45) is 5.73 Å². The summed E-state index contributed by atoms with van der Waals surface area (Å²) in [6, 6.07) is 10.5. The van der Waals surface area contributed by atoms with Gasteiger partial charge < -0.3 is 16.4 Å². The highest BCUT2D eigenvalue weighted by Gasteiger charge is 2.19. The number of thiophene rings is 2. The van der Waals surface area contributed by atoms with Gasteiger partial charge in [0.25, 0.3) is 17.7 Å². The molecule has 0 aliphatic carbocycles. The maximum absolute atomic E-state index is 12.5. The van der Waals surface area contributed by atoms with Crippen molar-refractivity contribution in [1.29, 1.82) is 0 Å². The summed E-state index contributed by atoms with van der Waals surface area (Å²) in [6.07, 6.45) is 0.